The van der Waals surface area contributed by atoms with E-state index in [9.17, 15) is 23.1 Å². The number of aliphatic hydroxyl groups is 1. The minimum Gasteiger partial charge on any atom is -0.477 e. The summed E-state index contributed by atoms with van der Waals surface area (Å²) >= 11 is 0. The van der Waals surface area contributed by atoms with Gasteiger partial charge in [-0.05, 0) is 19.9 Å². The molecule has 0 spiro atoms. The van der Waals surface area contributed by atoms with Crippen molar-refractivity contribution in [2.45, 2.75) is 19.4 Å². The number of carbonyl (C=O) groups is 1. The minimum absolute atomic E-state index is 0.474. The van der Waals surface area contributed by atoms with Gasteiger partial charge >= 0.3 is 5.97 Å². The molecule has 0 heterocycles. The van der Waals surface area contributed by atoms with E-state index in [-0.39, 0.29) is 0 Å². The lowest BCUT2D eigenvalue weighted by molar-refractivity contribution is 0.0664. The van der Waals surface area contributed by atoms with E-state index in [2.05, 4.69) is 0 Å². The molecule has 0 aliphatic heterocycles. The molecule has 0 aliphatic rings. The molecule has 88 valence electrons. The second-order valence-corrected chi connectivity index (χ2v) is 3.77. The molecule has 2 N–H and O–H groups in total. The van der Waals surface area contributed by atoms with Gasteiger partial charge in [0.1, 0.15) is 11.4 Å². The van der Waals surface area contributed by atoms with Crippen LogP contribution in [0.25, 0.3) is 0 Å². The number of benzene rings is 1. The SMILES string of the molecule is CC(C)(O)c1cc(F)c(C(=O)O)c(F)c1F. The lowest BCUT2D eigenvalue weighted by Crippen LogP contribution is -2.21. The summed E-state index contributed by atoms with van der Waals surface area (Å²) in [5.74, 6) is -6.71. The Morgan fingerprint density at radius 3 is 2.12 bits per heavy atom. The van der Waals surface area contributed by atoms with E-state index in [1.165, 1.54) is 0 Å². The average molecular weight is 234 g/mol. The molecule has 3 nitrogen and oxygen atoms in total. The summed E-state index contributed by atoms with van der Waals surface area (Å²) in [6.45, 7) is 2.26. The second-order valence-electron chi connectivity index (χ2n) is 3.77. The third-order valence-electron chi connectivity index (χ3n) is 2.03. The Morgan fingerprint density at radius 2 is 1.75 bits per heavy atom. The first-order valence-corrected chi connectivity index (χ1v) is 4.30. The van der Waals surface area contributed by atoms with Gasteiger partial charge in [-0.1, -0.05) is 0 Å². The summed E-state index contributed by atoms with van der Waals surface area (Å²) < 4.78 is 39.7. The number of hydrogen-bond acceptors (Lipinski definition) is 2. The maximum Gasteiger partial charge on any atom is 0.341 e. The number of carboxylic acids is 1. The normalized spacial score (nSPS) is 11.6. The van der Waals surface area contributed by atoms with E-state index >= 15 is 0 Å². The van der Waals surface area contributed by atoms with Gasteiger partial charge in [0.15, 0.2) is 11.6 Å². The number of carboxylic acid groups (broad SMARTS) is 1. The van der Waals surface area contributed by atoms with Crippen molar-refractivity contribution in [1.29, 1.82) is 0 Å². The van der Waals surface area contributed by atoms with Crippen molar-refractivity contribution in [3.63, 3.8) is 0 Å². The molecule has 16 heavy (non-hydrogen) atoms. The van der Waals surface area contributed by atoms with Crippen LogP contribution in [0.1, 0.15) is 29.8 Å². The van der Waals surface area contributed by atoms with Crippen LogP contribution in [0.4, 0.5) is 13.2 Å². The van der Waals surface area contributed by atoms with Crippen LogP contribution >= 0.6 is 0 Å². The van der Waals surface area contributed by atoms with E-state index in [0.29, 0.717) is 6.07 Å². The molecule has 0 fully saturated rings. The lowest BCUT2D eigenvalue weighted by Gasteiger charge is -2.19. The highest BCUT2D eigenvalue weighted by Gasteiger charge is 2.29. The largest absolute Gasteiger partial charge is 0.477 e. The molecule has 1 rings (SSSR count). The Kier molecular flexibility index (Phi) is 2.96. The smallest absolute Gasteiger partial charge is 0.341 e. The Balaban J connectivity index is 3.58. The van der Waals surface area contributed by atoms with Crippen LogP contribution < -0.4 is 0 Å². The van der Waals surface area contributed by atoms with Gasteiger partial charge in [0.2, 0.25) is 0 Å². The van der Waals surface area contributed by atoms with Gasteiger partial charge < -0.3 is 10.2 Å². The van der Waals surface area contributed by atoms with Crippen molar-refractivity contribution < 1.29 is 28.2 Å². The fraction of sp³-hybridized carbons (Fsp3) is 0.300. The molecule has 0 saturated carbocycles. The zero-order chi connectivity index (χ0) is 12.7. The van der Waals surface area contributed by atoms with Crippen LogP contribution in [0, 0.1) is 17.5 Å². The Labute approximate surface area is 89.1 Å². The zero-order valence-corrected chi connectivity index (χ0v) is 8.51. The molecule has 0 unspecified atom stereocenters. The summed E-state index contributed by atoms with van der Waals surface area (Å²) in [5, 5.41) is 17.9. The summed E-state index contributed by atoms with van der Waals surface area (Å²) in [6.07, 6.45) is 0. The maximum absolute atomic E-state index is 13.3. The molecule has 0 bridgehead atoms. The van der Waals surface area contributed by atoms with Gasteiger partial charge in [-0.3, -0.25) is 0 Å². The quantitative estimate of drug-likeness (QED) is 0.770. The van der Waals surface area contributed by atoms with Crippen molar-refractivity contribution in [2.24, 2.45) is 0 Å². The maximum atomic E-state index is 13.3. The van der Waals surface area contributed by atoms with Gasteiger partial charge in [-0.15, -0.1) is 0 Å². The molecule has 0 aliphatic carbocycles. The average Bonchev–Trinajstić information content (AvgIpc) is 2.09. The van der Waals surface area contributed by atoms with E-state index in [1.54, 1.807) is 0 Å². The highest BCUT2D eigenvalue weighted by Crippen LogP contribution is 2.28. The number of aromatic carboxylic acids is 1. The molecule has 1 aromatic rings. The molecular formula is C10H9F3O3. The third kappa shape index (κ3) is 2.01. The molecule has 6 heteroatoms. The van der Waals surface area contributed by atoms with E-state index < -0.39 is 40.1 Å². The number of hydrogen-bond donors (Lipinski definition) is 2. The van der Waals surface area contributed by atoms with Crippen molar-refractivity contribution in [1.82, 2.24) is 0 Å². The molecular weight excluding hydrogens is 225 g/mol. The third-order valence-corrected chi connectivity index (χ3v) is 2.03. The number of halogens is 3. The van der Waals surface area contributed by atoms with Crippen LogP contribution in [0.5, 0.6) is 0 Å². The first-order chi connectivity index (χ1) is 7.16. The van der Waals surface area contributed by atoms with Crippen LogP contribution in [-0.2, 0) is 5.60 Å². The van der Waals surface area contributed by atoms with E-state index in [0.717, 1.165) is 13.8 Å². The molecule has 0 atom stereocenters. The van der Waals surface area contributed by atoms with Gasteiger partial charge in [0.25, 0.3) is 0 Å². The fourth-order valence-corrected chi connectivity index (χ4v) is 1.24. The fourth-order valence-electron chi connectivity index (χ4n) is 1.24. The van der Waals surface area contributed by atoms with Crippen LogP contribution in [-0.4, -0.2) is 16.2 Å². The monoisotopic (exact) mass is 234 g/mol. The standard InChI is InChI=1S/C10H9F3O3/c1-10(2,16)4-3-5(11)6(9(14)15)8(13)7(4)12/h3,16H,1-2H3,(H,14,15). The van der Waals surface area contributed by atoms with Gasteiger partial charge in [-0.25, -0.2) is 18.0 Å². The molecule has 0 radical (unpaired) electrons. The van der Waals surface area contributed by atoms with E-state index in [1.807, 2.05) is 0 Å². The molecule has 0 aromatic heterocycles. The Hall–Kier alpha value is -1.56. The summed E-state index contributed by atoms with van der Waals surface area (Å²) in [5.41, 5.74) is -3.80. The topological polar surface area (TPSA) is 57.5 Å². The van der Waals surface area contributed by atoms with Crippen LogP contribution in [0.15, 0.2) is 6.07 Å². The number of rotatable bonds is 2. The summed E-state index contributed by atoms with van der Waals surface area (Å²) in [4.78, 5) is 10.4. The predicted octanol–water partition coefficient (Wildman–Crippen LogP) is 2.03. The lowest BCUT2D eigenvalue weighted by atomic mass is 9.95. The highest BCUT2D eigenvalue weighted by molar-refractivity contribution is 5.88. The highest BCUT2D eigenvalue weighted by atomic mass is 19.2. The van der Waals surface area contributed by atoms with Gasteiger partial charge in [0.05, 0.1) is 5.60 Å². The van der Waals surface area contributed by atoms with Crippen molar-refractivity contribution in [2.75, 3.05) is 0 Å². The van der Waals surface area contributed by atoms with Crippen LogP contribution in [0.3, 0.4) is 0 Å². The Bertz CT molecular complexity index is 450. The van der Waals surface area contributed by atoms with E-state index in [4.69, 9.17) is 5.11 Å². The first kappa shape index (κ1) is 12.5. The molecule has 0 amide bonds. The second kappa shape index (κ2) is 3.79. The van der Waals surface area contributed by atoms with Crippen molar-refractivity contribution in [3.8, 4) is 0 Å². The predicted molar refractivity (Wildman–Crippen MR) is 48.5 cm³/mol. The van der Waals surface area contributed by atoms with Gasteiger partial charge in [0, 0.05) is 5.56 Å². The van der Waals surface area contributed by atoms with Crippen LogP contribution in [0.2, 0.25) is 0 Å². The Morgan fingerprint density at radius 1 is 1.25 bits per heavy atom. The minimum atomic E-state index is -1.91. The summed E-state index contributed by atoms with van der Waals surface area (Å²) in [6, 6.07) is 0.474. The molecule has 1 aromatic carbocycles. The van der Waals surface area contributed by atoms with Gasteiger partial charge in [-0.2, -0.15) is 0 Å². The molecule has 0 saturated heterocycles. The first-order valence-electron chi connectivity index (χ1n) is 4.30. The zero-order valence-electron chi connectivity index (χ0n) is 8.51. The summed E-state index contributed by atoms with van der Waals surface area (Å²) in [7, 11) is 0. The van der Waals surface area contributed by atoms with Crippen molar-refractivity contribution in [3.05, 3.63) is 34.6 Å². The van der Waals surface area contributed by atoms with Crippen molar-refractivity contribution >= 4 is 5.97 Å².